The molecule has 0 radical (unpaired) electrons. The Balaban J connectivity index is 0.000000617. The zero-order valence-electron chi connectivity index (χ0n) is 21.9. The molecule has 1 fully saturated rings. The van der Waals surface area contributed by atoms with Crippen molar-refractivity contribution in [3.63, 3.8) is 0 Å². The van der Waals surface area contributed by atoms with E-state index in [1.807, 2.05) is 55.1 Å². The highest BCUT2D eigenvalue weighted by atomic mass is 16.1. The summed E-state index contributed by atoms with van der Waals surface area (Å²) in [5.74, 6) is 0.373. The summed E-state index contributed by atoms with van der Waals surface area (Å²) in [7, 11) is 3.88. The second-order valence-electron chi connectivity index (χ2n) is 9.27. The molecule has 5 rings (SSSR count). The highest BCUT2D eigenvalue weighted by Crippen LogP contribution is 2.41. The van der Waals surface area contributed by atoms with E-state index in [0.717, 1.165) is 64.9 Å². The number of nitrogens with two attached hydrogens (primary N) is 1. The summed E-state index contributed by atoms with van der Waals surface area (Å²) in [6.07, 6.45) is 3.16. The number of hydrogen-bond donors (Lipinski definition) is 4. The monoisotopic (exact) mass is 511 g/mol. The van der Waals surface area contributed by atoms with Gasteiger partial charge in [0.2, 0.25) is 0 Å². The van der Waals surface area contributed by atoms with Crippen LogP contribution in [0.4, 0.5) is 11.5 Å². The summed E-state index contributed by atoms with van der Waals surface area (Å²) >= 11 is 0. The van der Waals surface area contributed by atoms with Gasteiger partial charge in [0.05, 0.1) is 11.1 Å². The van der Waals surface area contributed by atoms with Gasteiger partial charge in [-0.05, 0) is 60.9 Å². The average Bonchev–Trinajstić information content (AvgIpc) is 3.55. The van der Waals surface area contributed by atoms with Crippen LogP contribution in [0.1, 0.15) is 23.7 Å². The van der Waals surface area contributed by atoms with Gasteiger partial charge in [-0.1, -0.05) is 30.8 Å². The zero-order chi connectivity index (χ0) is 27.2. The van der Waals surface area contributed by atoms with Gasteiger partial charge in [0, 0.05) is 43.5 Å². The number of aryl methyl sites for hydroxylation is 1. The number of rotatable bonds is 6. The Kier molecular flexibility index (Phi) is 8.18. The van der Waals surface area contributed by atoms with Crippen molar-refractivity contribution in [2.24, 2.45) is 7.05 Å². The Bertz CT molecular complexity index is 1450. The Labute approximate surface area is 222 Å². The van der Waals surface area contributed by atoms with Crippen molar-refractivity contribution < 1.29 is 9.59 Å². The summed E-state index contributed by atoms with van der Waals surface area (Å²) in [6, 6.07) is 16.1. The molecular weight excluding hydrogens is 478 g/mol. The largest absolute Gasteiger partial charge is 0.388 e. The molecule has 5 N–H and O–H groups in total. The minimum atomic E-state index is -0.0566. The number of nitrogen functional groups attached to an aromatic ring is 1. The molecule has 1 saturated heterocycles. The molecule has 4 aromatic rings. The van der Waals surface area contributed by atoms with Gasteiger partial charge in [-0.3, -0.25) is 9.59 Å². The quantitative estimate of drug-likeness (QED) is 0.229. The van der Waals surface area contributed by atoms with Crippen LogP contribution >= 0.6 is 0 Å². The number of carbonyl (C=O) groups is 2. The number of nitrogens with one attached hydrogen (secondary N) is 3. The molecule has 0 spiro atoms. The third-order valence-corrected chi connectivity index (χ3v) is 6.48. The molecule has 1 unspecified atom stereocenters. The molecule has 196 valence electrons. The smallest absolute Gasteiger partial charge is 0.251 e. The van der Waals surface area contributed by atoms with Crippen molar-refractivity contribution >= 4 is 34.7 Å². The molecule has 0 saturated carbocycles. The van der Waals surface area contributed by atoms with Crippen molar-refractivity contribution in [3.05, 3.63) is 72.6 Å². The molecule has 2 aromatic heterocycles. The van der Waals surface area contributed by atoms with Crippen LogP contribution in [0.25, 0.3) is 33.4 Å². The molecular formula is C29H33N7O2. The van der Waals surface area contributed by atoms with Gasteiger partial charge in [0.25, 0.3) is 5.91 Å². The molecule has 1 atom stereocenters. The van der Waals surface area contributed by atoms with Crippen LogP contribution in [-0.2, 0) is 11.8 Å². The maximum absolute atomic E-state index is 12.7. The third kappa shape index (κ3) is 5.57. The lowest BCUT2D eigenvalue weighted by Gasteiger charge is -2.12. The van der Waals surface area contributed by atoms with Gasteiger partial charge < -0.3 is 26.3 Å². The van der Waals surface area contributed by atoms with Crippen molar-refractivity contribution in [1.82, 2.24) is 25.2 Å². The van der Waals surface area contributed by atoms with E-state index in [-0.39, 0.29) is 11.9 Å². The lowest BCUT2D eigenvalue weighted by Crippen LogP contribution is -2.36. The number of allylic oxidation sites excluding steroid dienone is 1. The van der Waals surface area contributed by atoms with Crippen LogP contribution in [0.2, 0.25) is 0 Å². The third-order valence-electron chi connectivity index (χ3n) is 6.48. The molecule has 1 aliphatic rings. The molecule has 9 heteroatoms. The fraction of sp³-hybridized carbons (Fsp3) is 0.241. The van der Waals surface area contributed by atoms with Crippen LogP contribution in [0.5, 0.6) is 0 Å². The number of nitrogens with zero attached hydrogens (tertiary/aromatic N) is 3. The van der Waals surface area contributed by atoms with Gasteiger partial charge >= 0.3 is 0 Å². The van der Waals surface area contributed by atoms with Gasteiger partial charge in [-0.15, -0.1) is 0 Å². The molecule has 0 aliphatic carbocycles. The van der Waals surface area contributed by atoms with E-state index in [2.05, 4.69) is 44.6 Å². The fourth-order valence-electron chi connectivity index (χ4n) is 4.52. The van der Waals surface area contributed by atoms with E-state index in [1.165, 1.54) is 6.33 Å². The lowest BCUT2D eigenvalue weighted by molar-refractivity contribution is -0.104. The summed E-state index contributed by atoms with van der Waals surface area (Å²) < 4.78 is 2.05. The minimum Gasteiger partial charge on any atom is -0.388 e. The van der Waals surface area contributed by atoms with Crippen LogP contribution in [0, 0.1) is 0 Å². The van der Waals surface area contributed by atoms with Gasteiger partial charge in [-0.2, -0.15) is 0 Å². The van der Waals surface area contributed by atoms with E-state index < -0.39 is 0 Å². The number of benzene rings is 2. The van der Waals surface area contributed by atoms with E-state index in [0.29, 0.717) is 17.0 Å². The highest BCUT2D eigenvalue weighted by Gasteiger charge is 2.22. The summed E-state index contributed by atoms with van der Waals surface area (Å²) in [6.45, 7) is 6.72. The van der Waals surface area contributed by atoms with Gasteiger partial charge in [0.15, 0.2) is 0 Å². The number of aromatic nitrogens is 3. The maximum Gasteiger partial charge on any atom is 0.251 e. The predicted octanol–water partition coefficient (Wildman–Crippen LogP) is 3.78. The minimum absolute atomic E-state index is 0.0566. The molecule has 9 nitrogen and oxygen atoms in total. The second kappa shape index (κ2) is 11.7. The lowest BCUT2D eigenvalue weighted by atomic mass is 9.97. The Morgan fingerprint density at radius 2 is 1.79 bits per heavy atom. The number of aldehydes is 1. The number of amides is 1. The van der Waals surface area contributed by atoms with E-state index in [1.54, 1.807) is 6.92 Å². The predicted molar refractivity (Wildman–Crippen MR) is 153 cm³/mol. The van der Waals surface area contributed by atoms with Crippen LogP contribution in [-0.4, -0.2) is 52.9 Å². The van der Waals surface area contributed by atoms with E-state index in [4.69, 9.17) is 5.73 Å². The fourth-order valence-corrected chi connectivity index (χ4v) is 4.52. The zero-order valence-corrected chi connectivity index (χ0v) is 21.9. The Morgan fingerprint density at radius 3 is 2.37 bits per heavy atom. The van der Waals surface area contributed by atoms with Crippen LogP contribution in [0.3, 0.4) is 0 Å². The van der Waals surface area contributed by atoms with Crippen molar-refractivity contribution in [3.8, 4) is 22.4 Å². The topological polar surface area (TPSA) is 127 Å². The second-order valence-corrected chi connectivity index (χ2v) is 9.27. The van der Waals surface area contributed by atoms with E-state index in [9.17, 15) is 9.59 Å². The standard InChI is InChI=1S/C25H27N7O.C4H6O/c1-27-18-9-7-16(8-10-18)22-20(21-23(26)29-14-30-24(21)32(22)2)15-3-5-17(6-4-15)25(33)31-19-11-12-28-13-19;1-4(2)3-5/h3-10,14,19,27-28H,11-13H2,1-2H3,(H,31,33)(H2,26,29,30);3H,1H2,2H3. The first-order chi connectivity index (χ1) is 18.3. The van der Waals surface area contributed by atoms with Gasteiger partial charge in [0.1, 0.15) is 24.1 Å². The summed E-state index contributed by atoms with van der Waals surface area (Å²) in [4.78, 5) is 30.8. The molecule has 3 heterocycles. The first-order valence-corrected chi connectivity index (χ1v) is 12.4. The number of carbonyl (C=O) groups excluding carboxylic acids is 2. The first kappa shape index (κ1) is 26.6. The van der Waals surface area contributed by atoms with Crippen molar-refractivity contribution in [2.75, 3.05) is 31.2 Å². The Hall–Kier alpha value is -4.50. The molecule has 0 bridgehead atoms. The molecule has 1 aliphatic heterocycles. The molecule has 1 amide bonds. The van der Waals surface area contributed by atoms with Crippen LogP contribution < -0.4 is 21.7 Å². The normalized spacial score (nSPS) is 14.4. The highest BCUT2D eigenvalue weighted by molar-refractivity contribution is 6.08. The van der Waals surface area contributed by atoms with Crippen LogP contribution in [0.15, 0.2) is 67.0 Å². The van der Waals surface area contributed by atoms with Crippen molar-refractivity contribution in [1.29, 1.82) is 0 Å². The maximum atomic E-state index is 12.7. The number of hydrogen-bond acceptors (Lipinski definition) is 7. The molecule has 2 aromatic carbocycles. The first-order valence-electron chi connectivity index (χ1n) is 12.4. The summed E-state index contributed by atoms with van der Waals surface area (Å²) in [5.41, 5.74) is 13.3. The van der Waals surface area contributed by atoms with E-state index >= 15 is 0 Å². The number of anilines is 2. The molecule has 38 heavy (non-hydrogen) atoms. The number of fused-ring (bicyclic) bond motifs is 1. The Morgan fingerprint density at radius 1 is 1.13 bits per heavy atom. The SMILES string of the molecule is C=C(C)C=O.CNc1ccc(-c2c(-c3ccc(C(=O)NC4CCNC4)cc3)c3c(N)ncnc3n2C)cc1. The summed E-state index contributed by atoms with van der Waals surface area (Å²) in [5, 5.41) is 10.3. The average molecular weight is 512 g/mol. The van der Waals surface area contributed by atoms with Gasteiger partial charge in [-0.25, -0.2) is 9.97 Å². The van der Waals surface area contributed by atoms with Crippen molar-refractivity contribution in [2.45, 2.75) is 19.4 Å².